The van der Waals surface area contributed by atoms with Gasteiger partial charge >= 0.3 is 0 Å². The standard InChI is InChI=1S/C22H21N5O4/c1-13-17(22(29)27(25-13)15-8-6-5-7-9-15)12-23-26-14(2)24-18-11-20(31-4)19(30-3)10-16(18)21(26)28/h5-12,25H,1-4H3. The Morgan fingerprint density at radius 1 is 1.00 bits per heavy atom. The summed E-state index contributed by atoms with van der Waals surface area (Å²) in [7, 11) is 3.01. The van der Waals surface area contributed by atoms with Gasteiger partial charge in [-0.25, -0.2) is 9.67 Å². The van der Waals surface area contributed by atoms with Gasteiger partial charge in [-0.05, 0) is 32.0 Å². The normalized spacial score (nSPS) is 11.4. The van der Waals surface area contributed by atoms with Crippen LogP contribution in [-0.4, -0.2) is 39.9 Å². The van der Waals surface area contributed by atoms with E-state index in [1.165, 1.54) is 25.1 Å². The average Bonchev–Trinajstić information content (AvgIpc) is 3.07. The average molecular weight is 419 g/mol. The Morgan fingerprint density at radius 3 is 2.35 bits per heavy atom. The molecule has 9 nitrogen and oxygen atoms in total. The molecule has 158 valence electrons. The molecule has 0 fully saturated rings. The van der Waals surface area contributed by atoms with E-state index in [2.05, 4.69) is 15.2 Å². The van der Waals surface area contributed by atoms with E-state index in [-0.39, 0.29) is 11.1 Å². The first kappa shape index (κ1) is 20.1. The minimum Gasteiger partial charge on any atom is -0.493 e. The summed E-state index contributed by atoms with van der Waals surface area (Å²) in [5.74, 6) is 1.27. The Morgan fingerprint density at radius 2 is 1.68 bits per heavy atom. The zero-order valence-corrected chi connectivity index (χ0v) is 17.5. The topological polar surface area (TPSA) is 103 Å². The van der Waals surface area contributed by atoms with Crippen molar-refractivity contribution in [2.24, 2.45) is 5.10 Å². The van der Waals surface area contributed by atoms with Gasteiger partial charge in [-0.2, -0.15) is 9.78 Å². The lowest BCUT2D eigenvalue weighted by molar-refractivity contribution is 0.355. The molecule has 2 aromatic carbocycles. The number of aromatic nitrogens is 4. The Kier molecular flexibility index (Phi) is 5.16. The van der Waals surface area contributed by atoms with Crippen LogP contribution in [0.4, 0.5) is 0 Å². The first-order valence-corrected chi connectivity index (χ1v) is 9.51. The van der Waals surface area contributed by atoms with Crippen molar-refractivity contribution >= 4 is 17.1 Å². The number of methoxy groups -OCH3 is 2. The van der Waals surface area contributed by atoms with Gasteiger partial charge in [0, 0.05) is 11.8 Å². The number of benzene rings is 2. The van der Waals surface area contributed by atoms with E-state index >= 15 is 0 Å². The first-order valence-electron chi connectivity index (χ1n) is 9.51. The van der Waals surface area contributed by atoms with Crippen molar-refractivity contribution in [3.63, 3.8) is 0 Å². The predicted molar refractivity (Wildman–Crippen MR) is 118 cm³/mol. The van der Waals surface area contributed by atoms with Crippen molar-refractivity contribution in [2.75, 3.05) is 14.2 Å². The molecular formula is C22H21N5O4. The zero-order chi connectivity index (χ0) is 22.1. The second-order valence-corrected chi connectivity index (χ2v) is 6.87. The highest BCUT2D eigenvalue weighted by molar-refractivity contribution is 5.83. The lowest BCUT2D eigenvalue weighted by atomic mass is 10.2. The van der Waals surface area contributed by atoms with Gasteiger partial charge in [0.1, 0.15) is 5.82 Å². The fourth-order valence-corrected chi connectivity index (χ4v) is 3.34. The fourth-order valence-electron chi connectivity index (χ4n) is 3.34. The minimum absolute atomic E-state index is 0.265. The van der Waals surface area contributed by atoms with Crippen molar-refractivity contribution in [2.45, 2.75) is 13.8 Å². The van der Waals surface area contributed by atoms with Crippen LogP contribution in [0.5, 0.6) is 11.5 Å². The number of para-hydroxylation sites is 1. The number of nitrogens with one attached hydrogen (secondary N) is 1. The highest BCUT2D eigenvalue weighted by Gasteiger charge is 2.14. The van der Waals surface area contributed by atoms with E-state index in [0.717, 1.165) is 4.68 Å². The summed E-state index contributed by atoms with van der Waals surface area (Å²) >= 11 is 0. The molecular weight excluding hydrogens is 398 g/mol. The molecule has 2 aromatic heterocycles. The molecule has 31 heavy (non-hydrogen) atoms. The van der Waals surface area contributed by atoms with Crippen LogP contribution in [0.1, 0.15) is 17.1 Å². The number of nitrogens with zero attached hydrogens (tertiary/aromatic N) is 4. The summed E-state index contributed by atoms with van der Waals surface area (Å²) in [6.07, 6.45) is 1.37. The summed E-state index contributed by atoms with van der Waals surface area (Å²) in [6, 6.07) is 12.4. The van der Waals surface area contributed by atoms with Crippen LogP contribution in [0.15, 0.2) is 57.2 Å². The van der Waals surface area contributed by atoms with Crippen LogP contribution < -0.4 is 20.6 Å². The summed E-state index contributed by atoms with van der Waals surface area (Å²) in [5.41, 5.74) is 1.51. The monoisotopic (exact) mass is 419 g/mol. The van der Waals surface area contributed by atoms with Gasteiger partial charge in [0.2, 0.25) is 0 Å². The van der Waals surface area contributed by atoms with E-state index in [1.54, 1.807) is 26.0 Å². The number of hydrogen-bond acceptors (Lipinski definition) is 6. The Balaban J connectivity index is 1.81. The van der Waals surface area contributed by atoms with E-state index < -0.39 is 0 Å². The summed E-state index contributed by atoms with van der Waals surface area (Å²) < 4.78 is 13.2. The van der Waals surface area contributed by atoms with Gasteiger partial charge in [-0.1, -0.05) is 18.2 Å². The Bertz CT molecular complexity index is 1410. The zero-order valence-electron chi connectivity index (χ0n) is 17.5. The minimum atomic E-state index is -0.378. The van der Waals surface area contributed by atoms with Crippen LogP contribution in [0.25, 0.3) is 16.6 Å². The predicted octanol–water partition coefficient (Wildman–Crippen LogP) is 2.39. The van der Waals surface area contributed by atoms with Gasteiger partial charge < -0.3 is 9.47 Å². The van der Waals surface area contributed by atoms with Gasteiger partial charge in [-0.3, -0.25) is 14.7 Å². The van der Waals surface area contributed by atoms with Crippen LogP contribution in [0.3, 0.4) is 0 Å². The van der Waals surface area contributed by atoms with E-state index in [0.29, 0.717) is 45.2 Å². The Labute approximate surface area is 177 Å². The molecule has 0 unspecified atom stereocenters. The molecule has 0 bridgehead atoms. The summed E-state index contributed by atoms with van der Waals surface area (Å²) in [5, 5.41) is 7.62. The first-order chi connectivity index (χ1) is 14.9. The summed E-state index contributed by atoms with van der Waals surface area (Å²) in [6.45, 7) is 3.44. The van der Waals surface area contributed by atoms with Gasteiger partial charge in [-0.15, -0.1) is 0 Å². The van der Waals surface area contributed by atoms with Crippen molar-refractivity contribution < 1.29 is 9.47 Å². The van der Waals surface area contributed by atoms with Crippen molar-refractivity contribution in [3.8, 4) is 17.2 Å². The van der Waals surface area contributed by atoms with Crippen LogP contribution in [-0.2, 0) is 0 Å². The lowest BCUT2D eigenvalue weighted by Crippen LogP contribution is -2.22. The van der Waals surface area contributed by atoms with Gasteiger partial charge in [0.15, 0.2) is 11.5 Å². The van der Waals surface area contributed by atoms with Crippen LogP contribution >= 0.6 is 0 Å². The molecule has 0 spiro atoms. The lowest BCUT2D eigenvalue weighted by Gasteiger charge is -2.10. The quantitative estimate of drug-likeness (QED) is 0.500. The second kappa shape index (κ2) is 7.94. The number of aromatic amines is 1. The maximum absolute atomic E-state index is 13.1. The van der Waals surface area contributed by atoms with Crippen LogP contribution in [0.2, 0.25) is 0 Å². The fraction of sp³-hybridized carbons (Fsp3) is 0.182. The molecule has 0 radical (unpaired) electrons. The van der Waals surface area contributed by atoms with Crippen molar-refractivity contribution in [1.82, 2.24) is 19.4 Å². The highest BCUT2D eigenvalue weighted by Crippen LogP contribution is 2.30. The van der Waals surface area contributed by atoms with E-state index in [1.807, 2.05) is 30.3 Å². The summed E-state index contributed by atoms with van der Waals surface area (Å²) in [4.78, 5) is 30.4. The molecule has 0 saturated carbocycles. The molecule has 0 aliphatic heterocycles. The third-order valence-electron chi connectivity index (χ3n) is 4.95. The molecule has 0 aliphatic rings. The largest absolute Gasteiger partial charge is 0.493 e. The number of rotatable bonds is 5. The van der Waals surface area contributed by atoms with Gasteiger partial charge in [0.05, 0.1) is 42.6 Å². The van der Waals surface area contributed by atoms with E-state index in [9.17, 15) is 9.59 Å². The smallest absolute Gasteiger partial charge is 0.282 e. The molecule has 2 heterocycles. The third-order valence-corrected chi connectivity index (χ3v) is 4.95. The molecule has 9 heteroatoms. The van der Waals surface area contributed by atoms with Crippen molar-refractivity contribution in [3.05, 3.63) is 80.3 Å². The molecule has 0 aliphatic carbocycles. The second-order valence-electron chi connectivity index (χ2n) is 6.87. The number of ether oxygens (including phenoxy) is 2. The van der Waals surface area contributed by atoms with Gasteiger partial charge in [0.25, 0.3) is 11.1 Å². The Hall–Kier alpha value is -4.14. The number of fused-ring (bicyclic) bond motifs is 1. The number of H-pyrrole nitrogens is 1. The van der Waals surface area contributed by atoms with Crippen molar-refractivity contribution in [1.29, 1.82) is 0 Å². The van der Waals surface area contributed by atoms with Crippen LogP contribution in [0, 0.1) is 13.8 Å². The molecule has 0 atom stereocenters. The molecule has 4 rings (SSSR count). The van der Waals surface area contributed by atoms with E-state index in [4.69, 9.17) is 9.47 Å². The third kappa shape index (κ3) is 3.50. The number of aryl methyl sites for hydroxylation is 2. The molecule has 0 saturated heterocycles. The maximum Gasteiger partial charge on any atom is 0.282 e. The molecule has 0 amide bonds. The molecule has 4 aromatic rings. The highest BCUT2D eigenvalue weighted by atomic mass is 16.5. The number of hydrogen-bond donors (Lipinski definition) is 1. The molecule has 1 N–H and O–H groups in total. The SMILES string of the molecule is COc1cc2nc(C)n(N=Cc3c(C)[nH]n(-c4ccccc4)c3=O)c(=O)c2cc1OC. The maximum atomic E-state index is 13.1.